The molecule has 0 radical (unpaired) electrons. The predicted molar refractivity (Wildman–Crippen MR) is 122 cm³/mol. The summed E-state index contributed by atoms with van der Waals surface area (Å²) in [6.45, 7) is 11.2. The Morgan fingerprint density at radius 3 is 2.29 bits per heavy atom. The molecule has 0 heterocycles. The first kappa shape index (κ1) is 25.0. The van der Waals surface area contributed by atoms with Crippen molar-refractivity contribution in [2.45, 2.75) is 53.1 Å². The Bertz CT molecular complexity index is 944. The highest BCUT2D eigenvalue weighted by Crippen LogP contribution is 2.46. The summed E-state index contributed by atoms with van der Waals surface area (Å²) in [7, 11) is -2.99. The van der Waals surface area contributed by atoms with Crippen LogP contribution in [0.4, 0.5) is 4.79 Å². The van der Waals surface area contributed by atoms with Crippen molar-refractivity contribution in [2.75, 3.05) is 20.1 Å². The zero-order valence-corrected chi connectivity index (χ0v) is 20.1. The van der Waals surface area contributed by atoms with Gasteiger partial charge in [0, 0.05) is 12.8 Å². The smallest absolute Gasteiger partial charge is 0.508 e. The maximum Gasteiger partial charge on any atom is 0.510 e. The van der Waals surface area contributed by atoms with Gasteiger partial charge in [-0.2, -0.15) is 0 Å². The lowest BCUT2D eigenvalue weighted by molar-refractivity contribution is 0.00831. The average molecular weight is 448 g/mol. The number of aryl methyl sites for hydroxylation is 2. The topological polar surface area (TPSA) is 82.1 Å². The minimum atomic E-state index is -2.99. The average Bonchev–Trinajstić information content (AvgIpc) is 2.65. The predicted octanol–water partition coefficient (Wildman–Crippen LogP) is 6.28. The molecule has 0 aliphatic carbocycles. The number of benzene rings is 2. The molecule has 0 spiro atoms. The van der Waals surface area contributed by atoms with E-state index >= 15 is 0 Å². The molecule has 0 saturated carbocycles. The number of phenolic OH excluding ortho intramolecular Hbond substituents is 1. The molecule has 0 fully saturated rings. The summed E-state index contributed by atoms with van der Waals surface area (Å²) in [6.07, 6.45) is 0.164. The van der Waals surface area contributed by atoms with Crippen LogP contribution in [0.3, 0.4) is 0 Å². The number of phenols is 1. The molecule has 0 bridgehead atoms. The zero-order valence-electron chi connectivity index (χ0n) is 19.2. The van der Waals surface area contributed by atoms with Crippen molar-refractivity contribution >= 4 is 13.5 Å². The highest BCUT2D eigenvalue weighted by atomic mass is 31.2. The van der Waals surface area contributed by atoms with E-state index in [4.69, 9.17) is 9.26 Å². The van der Waals surface area contributed by atoms with Crippen LogP contribution in [0.5, 0.6) is 5.75 Å². The number of ether oxygens (including phenoxy) is 2. The minimum Gasteiger partial charge on any atom is -0.508 e. The van der Waals surface area contributed by atoms with Gasteiger partial charge in [0.1, 0.15) is 5.75 Å². The lowest BCUT2D eigenvalue weighted by Crippen LogP contribution is -2.09. The SMILES string of the molecule is CCOC(=O)OCOP(C)(=O)Cc1cc(C)c(Cc2ccc(O)c(C(C)C)c2)c(C)c1. The number of hydrogen-bond donors (Lipinski definition) is 1. The van der Waals surface area contributed by atoms with Crippen LogP contribution in [-0.2, 0) is 31.1 Å². The quantitative estimate of drug-likeness (QED) is 0.276. The number of rotatable bonds is 9. The lowest BCUT2D eigenvalue weighted by Gasteiger charge is -2.17. The maximum atomic E-state index is 12.8. The second-order valence-corrected chi connectivity index (χ2v) is 10.8. The van der Waals surface area contributed by atoms with Crippen molar-refractivity contribution in [2.24, 2.45) is 0 Å². The van der Waals surface area contributed by atoms with E-state index in [1.54, 1.807) is 13.0 Å². The fourth-order valence-electron chi connectivity index (χ4n) is 3.56. The van der Waals surface area contributed by atoms with Crippen LogP contribution >= 0.6 is 7.37 Å². The number of carbonyl (C=O) groups excluding carboxylic acids is 1. The van der Waals surface area contributed by atoms with Crippen LogP contribution in [0.2, 0.25) is 0 Å². The first-order valence-corrected chi connectivity index (χ1v) is 12.7. The molecule has 170 valence electrons. The highest BCUT2D eigenvalue weighted by molar-refractivity contribution is 7.57. The standard InChI is InChI=1S/C24H33O6P/c1-7-28-24(26)29-15-30-31(6,27)14-20-10-17(4)22(18(5)11-20)13-19-8-9-23(25)21(12-19)16(2)3/h8-12,16,25H,7,13-15H2,1-6H3. The molecule has 31 heavy (non-hydrogen) atoms. The normalized spacial score (nSPS) is 13.1. The third-order valence-electron chi connectivity index (χ3n) is 5.09. The first-order valence-electron chi connectivity index (χ1n) is 10.4. The van der Waals surface area contributed by atoms with E-state index in [0.717, 1.165) is 34.2 Å². The maximum absolute atomic E-state index is 12.8. The van der Waals surface area contributed by atoms with Gasteiger partial charge >= 0.3 is 6.16 Å². The Morgan fingerprint density at radius 1 is 1.06 bits per heavy atom. The van der Waals surface area contributed by atoms with Crippen molar-refractivity contribution in [1.29, 1.82) is 0 Å². The third kappa shape index (κ3) is 7.41. The molecule has 0 aliphatic heterocycles. The molecule has 7 heteroatoms. The van der Waals surface area contributed by atoms with Crippen LogP contribution in [0.1, 0.15) is 60.1 Å². The molecular formula is C24H33O6P. The van der Waals surface area contributed by atoms with Gasteiger partial charge < -0.3 is 14.6 Å². The van der Waals surface area contributed by atoms with Crippen LogP contribution in [-0.4, -0.2) is 31.3 Å². The van der Waals surface area contributed by atoms with E-state index in [1.807, 2.05) is 32.0 Å². The van der Waals surface area contributed by atoms with Crippen LogP contribution < -0.4 is 0 Å². The van der Waals surface area contributed by atoms with Gasteiger partial charge in [-0.25, -0.2) is 4.79 Å². The summed E-state index contributed by atoms with van der Waals surface area (Å²) >= 11 is 0. The molecular weight excluding hydrogens is 415 g/mol. The molecule has 2 rings (SSSR count). The van der Waals surface area contributed by atoms with E-state index in [-0.39, 0.29) is 18.7 Å². The summed E-state index contributed by atoms with van der Waals surface area (Å²) in [5, 5.41) is 10.1. The molecule has 0 saturated heterocycles. The van der Waals surface area contributed by atoms with Gasteiger partial charge in [-0.05, 0) is 72.6 Å². The summed E-state index contributed by atoms with van der Waals surface area (Å²) in [4.78, 5) is 11.2. The van der Waals surface area contributed by atoms with Gasteiger partial charge in [-0.15, -0.1) is 0 Å². The molecule has 1 atom stereocenters. The minimum absolute atomic E-state index is 0.205. The van der Waals surface area contributed by atoms with Crippen LogP contribution in [0.15, 0.2) is 30.3 Å². The van der Waals surface area contributed by atoms with Crippen LogP contribution in [0, 0.1) is 13.8 Å². The van der Waals surface area contributed by atoms with Gasteiger partial charge in [-0.3, -0.25) is 9.09 Å². The van der Waals surface area contributed by atoms with E-state index in [1.165, 1.54) is 12.2 Å². The van der Waals surface area contributed by atoms with Crippen molar-refractivity contribution in [3.8, 4) is 5.75 Å². The van der Waals surface area contributed by atoms with Crippen LogP contribution in [0.25, 0.3) is 0 Å². The molecule has 1 unspecified atom stereocenters. The zero-order chi connectivity index (χ0) is 23.2. The Balaban J connectivity index is 2.10. The third-order valence-corrected chi connectivity index (χ3v) is 6.68. The van der Waals surface area contributed by atoms with E-state index < -0.39 is 20.3 Å². The molecule has 1 N–H and O–H groups in total. The Morgan fingerprint density at radius 2 is 1.71 bits per heavy atom. The lowest BCUT2D eigenvalue weighted by atomic mass is 9.92. The van der Waals surface area contributed by atoms with Crippen molar-refractivity contribution in [1.82, 2.24) is 0 Å². The second kappa shape index (κ2) is 10.8. The fourth-order valence-corrected chi connectivity index (χ4v) is 4.77. The van der Waals surface area contributed by atoms with Gasteiger partial charge in [-0.1, -0.05) is 38.1 Å². The van der Waals surface area contributed by atoms with Gasteiger partial charge in [0.05, 0.1) is 6.61 Å². The van der Waals surface area contributed by atoms with E-state index in [9.17, 15) is 14.5 Å². The molecule has 2 aromatic rings. The Hall–Kier alpha value is -2.30. The monoisotopic (exact) mass is 448 g/mol. The Labute approximate surface area is 185 Å². The van der Waals surface area contributed by atoms with Gasteiger partial charge in [0.25, 0.3) is 0 Å². The summed E-state index contributed by atoms with van der Waals surface area (Å²) in [5.74, 6) is 0.573. The van der Waals surface area contributed by atoms with Crippen molar-refractivity contribution in [3.63, 3.8) is 0 Å². The molecule has 0 amide bonds. The summed E-state index contributed by atoms with van der Waals surface area (Å²) in [5.41, 5.74) is 6.42. The number of aromatic hydroxyl groups is 1. The molecule has 0 aliphatic rings. The van der Waals surface area contributed by atoms with E-state index in [0.29, 0.717) is 5.75 Å². The van der Waals surface area contributed by atoms with Gasteiger partial charge in [0.15, 0.2) is 0 Å². The summed E-state index contributed by atoms with van der Waals surface area (Å²) < 4.78 is 27.5. The molecule has 2 aromatic carbocycles. The van der Waals surface area contributed by atoms with Crippen molar-refractivity contribution < 1.29 is 28.5 Å². The second-order valence-electron chi connectivity index (χ2n) is 8.18. The number of carbonyl (C=O) groups is 1. The highest BCUT2D eigenvalue weighted by Gasteiger charge is 2.19. The summed E-state index contributed by atoms with van der Waals surface area (Å²) in [6, 6.07) is 9.82. The Kier molecular flexibility index (Phi) is 8.72. The number of hydrogen-bond acceptors (Lipinski definition) is 6. The molecule has 0 aromatic heterocycles. The molecule has 6 nitrogen and oxygen atoms in total. The largest absolute Gasteiger partial charge is 0.510 e. The fraction of sp³-hybridized carbons (Fsp3) is 0.458. The van der Waals surface area contributed by atoms with Gasteiger partial charge in [0.2, 0.25) is 14.2 Å². The van der Waals surface area contributed by atoms with E-state index in [2.05, 4.69) is 24.7 Å². The van der Waals surface area contributed by atoms with Crippen molar-refractivity contribution in [3.05, 3.63) is 63.7 Å². The first-order chi connectivity index (χ1) is 14.5.